The second kappa shape index (κ2) is 8.30. The normalized spacial score (nSPS) is 12.3. The number of aromatic nitrogens is 1. The summed E-state index contributed by atoms with van der Waals surface area (Å²) in [4.78, 5) is 25.1. The molecule has 0 atom stereocenters. The van der Waals surface area contributed by atoms with Crippen LogP contribution in [0.3, 0.4) is 0 Å². The Morgan fingerprint density at radius 3 is 2.42 bits per heavy atom. The molecule has 0 saturated heterocycles. The lowest BCUT2D eigenvalue weighted by Gasteiger charge is -2.11. The van der Waals surface area contributed by atoms with Crippen LogP contribution in [0.15, 0.2) is 48.5 Å². The summed E-state index contributed by atoms with van der Waals surface area (Å²) in [6.07, 6.45) is 0. The number of esters is 1. The van der Waals surface area contributed by atoms with Crippen molar-refractivity contribution in [3.05, 3.63) is 76.6 Å². The predicted molar refractivity (Wildman–Crippen MR) is 117 cm³/mol. The van der Waals surface area contributed by atoms with Gasteiger partial charge in [-0.25, -0.2) is 4.79 Å². The molecule has 160 valence electrons. The van der Waals surface area contributed by atoms with Crippen molar-refractivity contribution in [2.75, 3.05) is 13.4 Å². The number of aryl methyl sites for hydroxylation is 1. The van der Waals surface area contributed by atoms with Gasteiger partial charge in [-0.1, -0.05) is 26.0 Å². The van der Waals surface area contributed by atoms with Gasteiger partial charge in [0.2, 0.25) is 12.6 Å². The van der Waals surface area contributed by atoms with Crippen molar-refractivity contribution in [2.45, 2.75) is 33.6 Å². The van der Waals surface area contributed by atoms with Gasteiger partial charge in [-0.2, -0.15) is 0 Å². The highest BCUT2D eigenvalue weighted by Crippen LogP contribution is 2.35. The van der Waals surface area contributed by atoms with Gasteiger partial charge in [0.1, 0.15) is 0 Å². The molecule has 0 spiro atoms. The summed E-state index contributed by atoms with van der Waals surface area (Å²) in [5, 5.41) is 0. The van der Waals surface area contributed by atoms with E-state index in [0.717, 1.165) is 22.6 Å². The van der Waals surface area contributed by atoms with Crippen LogP contribution < -0.4 is 9.47 Å². The summed E-state index contributed by atoms with van der Waals surface area (Å²) >= 11 is 0. The molecule has 0 radical (unpaired) electrons. The number of Topliss-reactive ketones (excluding diaryl/α,β-unsaturated/α-hetero) is 1. The molecule has 0 amide bonds. The van der Waals surface area contributed by atoms with Crippen LogP contribution in [-0.4, -0.2) is 29.7 Å². The van der Waals surface area contributed by atoms with Gasteiger partial charge in [-0.05, 0) is 55.7 Å². The maximum absolute atomic E-state index is 12.8. The highest BCUT2D eigenvalue weighted by molar-refractivity contribution is 6.00. The van der Waals surface area contributed by atoms with E-state index >= 15 is 0 Å². The van der Waals surface area contributed by atoms with Gasteiger partial charge in [0, 0.05) is 28.7 Å². The number of benzene rings is 2. The minimum absolute atomic E-state index is 0.206. The standard InChI is InChI=1S/C25H25NO5/c1-15(2)18-5-7-19(8-6-18)25(28)29-13-22(27)21-11-16(3)26(17(21)4)20-9-10-23-24(12-20)31-14-30-23/h5-12,15H,13-14H2,1-4H3. The summed E-state index contributed by atoms with van der Waals surface area (Å²) in [6, 6.07) is 14.7. The Kier molecular flexibility index (Phi) is 5.55. The van der Waals surface area contributed by atoms with Crippen molar-refractivity contribution >= 4 is 11.8 Å². The summed E-state index contributed by atoms with van der Waals surface area (Å²) in [6.45, 7) is 7.87. The van der Waals surface area contributed by atoms with Gasteiger partial charge in [0.25, 0.3) is 0 Å². The minimum Gasteiger partial charge on any atom is -0.454 e. The van der Waals surface area contributed by atoms with Crippen LogP contribution in [0.4, 0.5) is 0 Å². The summed E-state index contributed by atoms with van der Waals surface area (Å²) in [7, 11) is 0. The minimum atomic E-state index is -0.506. The molecule has 4 rings (SSSR count). The maximum Gasteiger partial charge on any atom is 0.338 e. The molecule has 0 fully saturated rings. The Balaban J connectivity index is 1.48. The third-order valence-corrected chi connectivity index (χ3v) is 5.49. The van der Waals surface area contributed by atoms with Crippen LogP contribution in [0.5, 0.6) is 11.5 Å². The van der Waals surface area contributed by atoms with Crippen LogP contribution in [-0.2, 0) is 4.74 Å². The Morgan fingerprint density at radius 1 is 1.00 bits per heavy atom. The van der Waals surface area contributed by atoms with Gasteiger partial charge in [-0.3, -0.25) is 4.79 Å². The number of hydrogen-bond acceptors (Lipinski definition) is 5. The van der Waals surface area contributed by atoms with Gasteiger partial charge < -0.3 is 18.8 Å². The lowest BCUT2D eigenvalue weighted by molar-refractivity contribution is 0.0474. The Labute approximate surface area is 181 Å². The molecule has 2 heterocycles. The first-order valence-electron chi connectivity index (χ1n) is 10.2. The molecule has 6 nitrogen and oxygen atoms in total. The van der Waals surface area contributed by atoms with E-state index in [1.54, 1.807) is 12.1 Å². The first-order chi connectivity index (χ1) is 14.8. The second-order valence-corrected chi connectivity index (χ2v) is 7.93. The largest absolute Gasteiger partial charge is 0.454 e. The van der Waals surface area contributed by atoms with Gasteiger partial charge in [-0.15, -0.1) is 0 Å². The quantitative estimate of drug-likeness (QED) is 0.416. The fourth-order valence-electron chi connectivity index (χ4n) is 3.76. The molecular formula is C25H25NO5. The van der Waals surface area contributed by atoms with Crippen molar-refractivity contribution in [3.63, 3.8) is 0 Å². The fraction of sp³-hybridized carbons (Fsp3) is 0.280. The fourth-order valence-corrected chi connectivity index (χ4v) is 3.76. The second-order valence-electron chi connectivity index (χ2n) is 7.93. The third-order valence-electron chi connectivity index (χ3n) is 5.49. The molecule has 1 aliphatic heterocycles. The lowest BCUT2D eigenvalue weighted by Crippen LogP contribution is -2.15. The SMILES string of the molecule is Cc1cc(C(=O)COC(=O)c2ccc(C(C)C)cc2)c(C)n1-c1ccc2c(c1)OCO2. The first-order valence-corrected chi connectivity index (χ1v) is 10.2. The van der Waals surface area contributed by atoms with E-state index in [-0.39, 0.29) is 19.2 Å². The first kappa shape index (κ1) is 20.7. The molecular weight excluding hydrogens is 394 g/mol. The number of ketones is 1. The number of nitrogens with zero attached hydrogens (tertiary/aromatic N) is 1. The smallest absolute Gasteiger partial charge is 0.338 e. The van der Waals surface area contributed by atoms with Crippen LogP contribution in [0.1, 0.15) is 57.4 Å². The van der Waals surface area contributed by atoms with Crippen LogP contribution >= 0.6 is 0 Å². The number of carbonyl (C=O) groups excluding carboxylic acids is 2. The van der Waals surface area contributed by atoms with Crippen molar-refractivity contribution in [2.24, 2.45) is 0 Å². The number of rotatable bonds is 6. The predicted octanol–water partition coefficient (Wildman–Crippen LogP) is 4.99. The van der Waals surface area contributed by atoms with Crippen LogP contribution in [0.2, 0.25) is 0 Å². The van der Waals surface area contributed by atoms with E-state index in [4.69, 9.17) is 14.2 Å². The molecule has 6 heteroatoms. The van der Waals surface area contributed by atoms with Gasteiger partial charge >= 0.3 is 5.97 Å². The van der Waals surface area contributed by atoms with E-state index < -0.39 is 5.97 Å². The van der Waals surface area contributed by atoms with Crippen molar-refractivity contribution in [1.82, 2.24) is 4.57 Å². The molecule has 1 aromatic heterocycles. The van der Waals surface area contributed by atoms with E-state index in [1.165, 1.54) is 0 Å². The van der Waals surface area contributed by atoms with Gasteiger partial charge in [0.05, 0.1) is 5.56 Å². The van der Waals surface area contributed by atoms with Crippen molar-refractivity contribution in [3.8, 4) is 17.2 Å². The maximum atomic E-state index is 12.8. The van der Waals surface area contributed by atoms with Crippen LogP contribution in [0.25, 0.3) is 5.69 Å². The highest BCUT2D eigenvalue weighted by Gasteiger charge is 2.20. The molecule has 31 heavy (non-hydrogen) atoms. The summed E-state index contributed by atoms with van der Waals surface area (Å²) in [5.41, 5.74) is 4.65. The molecule has 0 aliphatic carbocycles. The Bertz CT molecular complexity index is 1140. The summed E-state index contributed by atoms with van der Waals surface area (Å²) < 4.78 is 18.1. The number of carbonyl (C=O) groups is 2. The van der Waals surface area contributed by atoms with E-state index in [9.17, 15) is 9.59 Å². The number of ether oxygens (including phenoxy) is 3. The molecule has 2 aromatic carbocycles. The highest BCUT2D eigenvalue weighted by atomic mass is 16.7. The van der Waals surface area contributed by atoms with Crippen molar-refractivity contribution in [1.29, 1.82) is 0 Å². The average Bonchev–Trinajstić information content (AvgIpc) is 3.34. The molecule has 3 aromatic rings. The number of hydrogen-bond donors (Lipinski definition) is 0. The molecule has 1 aliphatic rings. The third kappa shape index (κ3) is 4.06. The zero-order valence-electron chi connectivity index (χ0n) is 18.1. The van der Waals surface area contributed by atoms with Crippen molar-refractivity contribution < 1.29 is 23.8 Å². The number of fused-ring (bicyclic) bond motifs is 1. The zero-order chi connectivity index (χ0) is 22.1. The average molecular weight is 419 g/mol. The van der Waals surface area contributed by atoms with Gasteiger partial charge in [0.15, 0.2) is 18.1 Å². The Morgan fingerprint density at radius 2 is 1.71 bits per heavy atom. The van der Waals surface area contributed by atoms with E-state index in [2.05, 4.69) is 13.8 Å². The monoisotopic (exact) mass is 419 g/mol. The molecule has 0 saturated carbocycles. The Hall–Kier alpha value is -3.54. The lowest BCUT2D eigenvalue weighted by atomic mass is 10.0. The van der Waals surface area contributed by atoms with Crippen LogP contribution in [0, 0.1) is 13.8 Å². The van der Waals surface area contributed by atoms with E-state index in [0.29, 0.717) is 28.5 Å². The van der Waals surface area contributed by atoms with E-state index in [1.807, 2.05) is 54.8 Å². The molecule has 0 bridgehead atoms. The topological polar surface area (TPSA) is 66.8 Å². The molecule has 0 N–H and O–H groups in total. The molecule has 0 unspecified atom stereocenters. The summed E-state index contributed by atoms with van der Waals surface area (Å²) in [5.74, 6) is 1.01. The zero-order valence-corrected chi connectivity index (χ0v) is 18.1.